The van der Waals surface area contributed by atoms with Gasteiger partial charge in [0.25, 0.3) is 0 Å². The molecule has 4 rings (SSSR count). The fourth-order valence-electron chi connectivity index (χ4n) is 2.91. The molecule has 0 spiro atoms. The van der Waals surface area contributed by atoms with Crippen molar-refractivity contribution >= 4 is 22.2 Å². The van der Waals surface area contributed by atoms with Crippen LogP contribution in [0.3, 0.4) is 0 Å². The Kier molecular flexibility index (Phi) is 9.43. The maximum Gasteiger partial charge on any atom is 0.191 e. The molecular weight excluding hydrogens is 528 g/mol. The Labute approximate surface area is 208 Å². The number of rotatable bonds is 7. The van der Waals surface area contributed by atoms with Crippen LogP contribution in [0.1, 0.15) is 21.5 Å². The largest absolute Gasteiger partial charge is 0.483 e. The second-order valence-electron chi connectivity index (χ2n) is 7.18. The van der Waals surface area contributed by atoms with Crippen molar-refractivity contribution in [2.45, 2.75) is 13.2 Å². The molecule has 0 aliphatic rings. The van der Waals surface area contributed by atoms with Gasteiger partial charge in [-0.1, -0.05) is 76.6 Å². The van der Waals surface area contributed by atoms with Crippen molar-refractivity contribution < 1.29 is 31.8 Å². The average Bonchev–Trinajstić information content (AvgIpc) is 2.84. The maximum atomic E-state index is 13.5. The molecule has 0 aliphatic heterocycles. The highest BCUT2D eigenvalue weighted by Gasteiger charge is 2.13. The summed E-state index contributed by atoms with van der Waals surface area (Å²) in [6.45, 7) is 0.200. The molecule has 0 aliphatic carbocycles. The standard InChI is InChI=1S/C14H10F2O2.C13H9BrF2O/c15-12-6-11(8-17)7-13(16)14(12)18-9-10-4-2-1-3-5-10;14-10-6-11(15)13(12(16)7-10)17-8-9-4-2-1-3-5-9/h1-8H,9H2;1-7H,8H2. The molecule has 0 bridgehead atoms. The Morgan fingerprint density at radius 1 is 0.629 bits per heavy atom. The van der Waals surface area contributed by atoms with Crippen LogP contribution in [0.2, 0.25) is 0 Å². The molecule has 0 radical (unpaired) electrons. The van der Waals surface area contributed by atoms with Gasteiger partial charge in [-0.25, -0.2) is 17.6 Å². The zero-order valence-electron chi connectivity index (χ0n) is 18.2. The smallest absolute Gasteiger partial charge is 0.191 e. The average molecular weight is 547 g/mol. The van der Waals surface area contributed by atoms with Crippen LogP contribution >= 0.6 is 15.9 Å². The van der Waals surface area contributed by atoms with Gasteiger partial charge in [-0.2, -0.15) is 0 Å². The molecular formula is C27H19BrF4O3. The lowest BCUT2D eigenvalue weighted by molar-refractivity contribution is 0.112. The number of benzene rings is 4. The molecule has 8 heteroatoms. The summed E-state index contributed by atoms with van der Waals surface area (Å²) in [7, 11) is 0. The van der Waals surface area contributed by atoms with Gasteiger partial charge < -0.3 is 9.47 Å². The molecule has 3 nitrogen and oxygen atoms in total. The summed E-state index contributed by atoms with van der Waals surface area (Å²) in [6, 6.07) is 22.4. The number of hydrogen-bond acceptors (Lipinski definition) is 3. The third-order valence-electron chi connectivity index (χ3n) is 4.57. The van der Waals surface area contributed by atoms with Crippen LogP contribution in [0.25, 0.3) is 0 Å². The lowest BCUT2D eigenvalue weighted by atomic mass is 10.2. The molecule has 0 N–H and O–H groups in total. The van der Waals surface area contributed by atoms with Gasteiger partial charge in [0.15, 0.2) is 34.8 Å². The van der Waals surface area contributed by atoms with E-state index in [0.717, 1.165) is 23.3 Å². The molecule has 0 amide bonds. The van der Waals surface area contributed by atoms with Crippen molar-refractivity contribution in [2.24, 2.45) is 0 Å². The van der Waals surface area contributed by atoms with E-state index >= 15 is 0 Å². The molecule has 180 valence electrons. The van der Waals surface area contributed by atoms with E-state index in [-0.39, 0.29) is 24.5 Å². The Balaban J connectivity index is 0.000000196. The molecule has 35 heavy (non-hydrogen) atoms. The molecule has 0 aromatic heterocycles. The first kappa shape index (κ1) is 26.0. The van der Waals surface area contributed by atoms with Crippen LogP contribution in [-0.4, -0.2) is 6.29 Å². The van der Waals surface area contributed by atoms with E-state index in [1.807, 2.05) is 36.4 Å². The van der Waals surface area contributed by atoms with Crippen molar-refractivity contribution in [3.63, 3.8) is 0 Å². The number of halogens is 5. The van der Waals surface area contributed by atoms with Crippen LogP contribution < -0.4 is 9.47 Å². The van der Waals surface area contributed by atoms with Crippen molar-refractivity contribution in [2.75, 3.05) is 0 Å². The fraction of sp³-hybridized carbons (Fsp3) is 0.0741. The highest BCUT2D eigenvalue weighted by atomic mass is 79.9. The van der Waals surface area contributed by atoms with E-state index in [1.165, 1.54) is 12.1 Å². The number of carbonyl (C=O) groups is 1. The lowest BCUT2D eigenvalue weighted by Gasteiger charge is -2.08. The summed E-state index contributed by atoms with van der Waals surface area (Å²) >= 11 is 3.01. The third kappa shape index (κ3) is 7.68. The number of aldehydes is 1. The Morgan fingerprint density at radius 3 is 1.37 bits per heavy atom. The number of ether oxygens (including phenoxy) is 2. The predicted molar refractivity (Wildman–Crippen MR) is 127 cm³/mol. The SMILES string of the molecule is Fc1cc(Br)cc(F)c1OCc1ccccc1.O=Cc1cc(F)c(OCc2ccccc2)c(F)c1. The monoisotopic (exact) mass is 546 g/mol. The summed E-state index contributed by atoms with van der Waals surface area (Å²) in [6.07, 6.45) is 0.382. The molecule has 0 fully saturated rings. The Morgan fingerprint density at radius 2 is 1.00 bits per heavy atom. The fourth-order valence-corrected chi connectivity index (χ4v) is 3.31. The minimum absolute atomic E-state index is 0.0583. The van der Waals surface area contributed by atoms with Crippen molar-refractivity contribution in [1.82, 2.24) is 0 Å². The first-order valence-electron chi connectivity index (χ1n) is 10.3. The highest BCUT2D eigenvalue weighted by Crippen LogP contribution is 2.27. The van der Waals surface area contributed by atoms with E-state index in [2.05, 4.69) is 15.9 Å². The zero-order valence-corrected chi connectivity index (χ0v) is 19.8. The van der Waals surface area contributed by atoms with Gasteiger partial charge in [0, 0.05) is 10.0 Å². The van der Waals surface area contributed by atoms with Gasteiger partial charge in [0.1, 0.15) is 19.5 Å². The van der Waals surface area contributed by atoms with Crippen molar-refractivity contribution in [1.29, 1.82) is 0 Å². The van der Waals surface area contributed by atoms with Crippen LogP contribution in [0.5, 0.6) is 11.5 Å². The quantitative estimate of drug-likeness (QED) is 0.176. The van der Waals surface area contributed by atoms with Crippen molar-refractivity contribution in [3.8, 4) is 11.5 Å². The molecule has 0 atom stereocenters. The minimum atomic E-state index is -0.881. The van der Waals surface area contributed by atoms with Gasteiger partial charge in [0.05, 0.1) is 0 Å². The second kappa shape index (κ2) is 12.7. The van der Waals surface area contributed by atoms with Crippen LogP contribution in [-0.2, 0) is 13.2 Å². The maximum absolute atomic E-state index is 13.5. The number of hydrogen-bond donors (Lipinski definition) is 0. The summed E-state index contributed by atoms with van der Waals surface area (Å²) in [5.41, 5.74) is 1.60. The van der Waals surface area contributed by atoms with Crippen LogP contribution in [0.15, 0.2) is 89.4 Å². The first-order chi connectivity index (χ1) is 16.9. The Hall–Kier alpha value is -3.65. The first-order valence-corrected chi connectivity index (χ1v) is 11.1. The van der Waals surface area contributed by atoms with E-state index in [0.29, 0.717) is 10.8 Å². The highest BCUT2D eigenvalue weighted by molar-refractivity contribution is 9.10. The van der Waals surface area contributed by atoms with Gasteiger partial charge in [0.2, 0.25) is 0 Å². The molecule has 4 aromatic rings. The molecule has 0 saturated carbocycles. The van der Waals surface area contributed by atoms with Crippen LogP contribution in [0.4, 0.5) is 17.6 Å². The predicted octanol–water partition coefficient (Wildman–Crippen LogP) is 7.66. The molecule has 0 saturated heterocycles. The molecule has 0 unspecified atom stereocenters. The molecule has 0 heterocycles. The summed E-state index contributed by atoms with van der Waals surface area (Å²) in [5.74, 6) is -4.01. The minimum Gasteiger partial charge on any atom is -0.483 e. The summed E-state index contributed by atoms with van der Waals surface area (Å²) in [4.78, 5) is 10.4. The van der Waals surface area contributed by atoms with E-state index in [9.17, 15) is 22.4 Å². The third-order valence-corrected chi connectivity index (χ3v) is 5.03. The van der Waals surface area contributed by atoms with Gasteiger partial charge >= 0.3 is 0 Å². The zero-order chi connectivity index (χ0) is 25.2. The lowest BCUT2D eigenvalue weighted by Crippen LogP contribution is -2.00. The summed E-state index contributed by atoms with van der Waals surface area (Å²) in [5, 5.41) is 0. The van der Waals surface area contributed by atoms with Gasteiger partial charge in [-0.05, 0) is 35.4 Å². The van der Waals surface area contributed by atoms with E-state index in [4.69, 9.17) is 9.47 Å². The normalized spacial score (nSPS) is 10.2. The molecule has 4 aromatic carbocycles. The second-order valence-corrected chi connectivity index (χ2v) is 8.09. The van der Waals surface area contributed by atoms with Gasteiger partial charge in [-0.3, -0.25) is 4.79 Å². The number of carbonyl (C=O) groups excluding carboxylic acids is 1. The van der Waals surface area contributed by atoms with Gasteiger partial charge in [-0.15, -0.1) is 0 Å². The van der Waals surface area contributed by atoms with E-state index in [1.54, 1.807) is 24.3 Å². The van der Waals surface area contributed by atoms with E-state index < -0.39 is 29.0 Å². The summed E-state index contributed by atoms with van der Waals surface area (Å²) < 4.78 is 64.4. The van der Waals surface area contributed by atoms with Crippen LogP contribution in [0, 0.1) is 23.3 Å². The Bertz CT molecular complexity index is 1220. The topological polar surface area (TPSA) is 35.5 Å². The van der Waals surface area contributed by atoms with Crippen molar-refractivity contribution in [3.05, 3.63) is 129 Å².